The van der Waals surface area contributed by atoms with E-state index >= 15 is 0 Å². The van der Waals surface area contributed by atoms with E-state index in [9.17, 15) is 0 Å². The van der Waals surface area contributed by atoms with Crippen LogP contribution in [0.5, 0.6) is 0 Å². The van der Waals surface area contributed by atoms with Crippen molar-refractivity contribution in [1.82, 2.24) is 0 Å². The average Bonchev–Trinajstić information content (AvgIpc) is 2.35. The first-order valence-corrected chi connectivity index (χ1v) is 5.94. The predicted molar refractivity (Wildman–Crippen MR) is 73.0 cm³/mol. The largest absolute Gasteiger partial charge is 0.269 e. The number of allylic oxidation sites excluding steroid dienone is 1. The van der Waals surface area contributed by atoms with Crippen LogP contribution in [-0.4, -0.2) is 6.21 Å². The summed E-state index contributed by atoms with van der Waals surface area (Å²) in [4.78, 5) is 4.19. The van der Waals surface area contributed by atoms with Gasteiger partial charge in [0, 0.05) is 12.4 Å². The molecule has 1 nitrogen and oxygen atoms in total. The van der Waals surface area contributed by atoms with Gasteiger partial charge in [-0.2, -0.15) is 0 Å². The third kappa shape index (κ3) is 3.06. The number of benzene rings is 1. The van der Waals surface area contributed by atoms with E-state index in [0.29, 0.717) is 5.92 Å². The van der Waals surface area contributed by atoms with Gasteiger partial charge >= 0.3 is 0 Å². The van der Waals surface area contributed by atoms with Gasteiger partial charge in [0.2, 0.25) is 0 Å². The molecule has 0 aliphatic heterocycles. The molecule has 1 rings (SSSR count). The summed E-state index contributed by atoms with van der Waals surface area (Å²) < 4.78 is 0. The van der Waals surface area contributed by atoms with E-state index < -0.39 is 0 Å². The van der Waals surface area contributed by atoms with Crippen molar-refractivity contribution in [1.29, 1.82) is 0 Å². The molecule has 0 amide bonds. The van der Waals surface area contributed by atoms with Crippen molar-refractivity contribution in [3.63, 3.8) is 0 Å². The van der Waals surface area contributed by atoms with Gasteiger partial charge in [-0.1, -0.05) is 38.1 Å². The molecule has 0 spiro atoms. The number of hydrogen-bond donors (Lipinski definition) is 0. The van der Waals surface area contributed by atoms with E-state index in [4.69, 9.17) is 0 Å². The normalized spacial score (nSPS) is 14.4. The lowest BCUT2D eigenvalue weighted by atomic mass is 9.91. The van der Waals surface area contributed by atoms with E-state index in [1.54, 1.807) is 0 Å². The third-order valence-corrected chi connectivity index (χ3v) is 2.95. The minimum atomic E-state index is 0.602. The summed E-state index contributed by atoms with van der Waals surface area (Å²) in [6.45, 7) is 8.55. The van der Waals surface area contributed by atoms with E-state index in [0.717, 1.165) is 0 Å². The van der Waals surface area contributed by atoms with Gasteiger partial charge in [0.25, 0.3) is 0 Å². The van der Waals surface area contributed by atoms with Gasteiger partial charge in [-0.15, -0.1) is 0 Å². The van der Waals surface area contributed by atoms with Crippen LogP contribution in [0.1, 0.15) is 51.2 Å². The highest BCUT2D eigenvalue weighted by Gasteiger charge is 2.08. The van der Waals surface area contributed by atoms with Crippen LogP contribution < -0.4 is 0 Å². The summed E-state index contributed by atoms with van der Waals surface area (Å²) in [7, 11) is 0. The van der Waals surface area contributed by atoms with E-state index in [1.807, 2.05) is 19.3 Å². The molecule has 0 saturated heterocycles. The lowest BCUT2D eigenvalue weighted by Gasteiger charge is -2.14. The summed E-state index contributed by atoms with van der Waals surface area (Å²) in [5.74, 6) is 0.602. The Morgan fingerprint density at radius 1 is 1.38 bits per heavy atom. The van der Waals surface area contributed by atoms with Crippen molar-refractivity contribution in [2.24, 2.45) is 4.99 Å². The highest BCUT2D eigenvalue weighted by atomic mass is 14.7. The Morgan fingerprint density at radius 2 is 2.06 bits per heavy atom. The fourth-order valence-corrected chi connectivity index (χ4v) is 1.76. The smallest absolute Gasteiger partial charge is 0.0299 e. The molecule has 0 aliphatic carbocycles. The summed E-state index contributed by atoms with van der Waals surface area (Å²) in [5.41, 5.74) is 3.97. The first kappa shape index (κ1) is 12.7. The number of nitrogens with zero attached hydrogens (tertiary/aromatic N) is 1. The van der Waals surface area contributed by atoms with Gasteiger partial charge in [0.1, 0.15) is 0 Å². The Bertz CT molecular complexity index is 388. The molecule has 0 aromatic heterocycles. The molecule has 0 aliphatic rings. The lowest BCUT2D eigenvalue weighted by molar-refractivity contribution is 0.731. The second-order valence-electron chi connectivity index (χ2n) is 4.12. The number of hydrogen-bond acceptors (Lipinski definition) is 1. The molecule has 0 heterocycles. The van der Waals surface area contributed by atoms with Crippen molar-refractivity contribution >= 4 is 11.8 Å². The van der Waals surface area contributed by atoms with Crippen molar-refractivity contribution in [2.75, 3.05) is 0 Å². The zero-order chi connectivity index (χ0) is 12.0. The van der Waals surface area contributed by atoms with Crippen LogP contribution in [0.3, 0.4) is 0 Å². The summed E-state index contributed by atoms with van der Waals surface area (Å²) in [5, 5.41) is 0. The van der Waals surface area contributed by atoms with Crippen molar-refractivity contribution in [3.8, 4) is 0 Å². The molecule has 1 atom stereocenters. The molecule has 0 radical (unpaired) electrons. The highest BCUT2D eigenvalue weighted by Crippen LogP contribution is 2.27. The molecule has 0 N–H and O–H groups in total. The second kappa shape index (κ2) is 6.26. The molecule has 0 fully saturated rings. The average molecular weight is 215 g/mol. The van der Waals surface area contributed by atoms with Crippen LogP contribution >= 0.6 is 0 Å². The van der Waals surface area contributed by atoms with Crippen LogP contribution in [0.4, 0.5) is 0 Å². The number of rotatable bonds is 4. The fraction of sp³-hybridized carbons (Fsp3) is 0.400. The molecular weight excluding hydrogens is 194 g/mol. The van der Waals surface area contributed by atoms with Gasteiger partial charge in [-0.3, -0.25) is 4.99 Å². The third-order valence-electron chi connectivity index (χ3n) is 2.95. The molecular formula is C15H21N. The summed E-state index contributed by atoms with van der Waals surface area (Å²) >= 11 is 0. The highest BCUT2D eigenvalue weighted by molar-refractivity contribution is 5.68. The molecule has 1 unspecified atom stereocenters. The monoisotopic (exact) mass is 215 g/mol. The maximum atomic E-state index is 4.19. The summed E-state index contributed by atoms with van der Waals surface area (Å²) in [6, 6.07) is 8.60. The predicted octanol–water partition coefficient (Wildman–Crippen LogP) is 4.65. The zero-order valence-corrected chi connectivity index (χ0v) is 10.7. The number of aliphatic imine (C=N–C) groups is 1. The molecule has 0 saturated carbocycles. The Kier molecular flexibility index (Phi) is 4.97. The van der Waals surface area contributed by atoms with E-state index in [2.05, 4.69) is 50.0 Å². The van der Waals surface area contributed by atoms with Gasteiger partial charge in [0.15, 0.2) is 0 Å². The standard InChI is InChI=1S/C15H21N/c1-5-12(3)14-9-7-8-10-15(14)13(4)11-16-6-2/h6-12H,5H2,1-4H3/b13-11+,16-6-. The van der Waals surface area contributed by atoms with Crippen LogP contribution in [0.2, 0.25) is 0 Å². The maximum absolute atomic E-state index is 4.19. The first-order chi connectivity index (χ1) is 7.70. The van der Waals surface area contributed by atoms with Crippen LogP contribution in [0, 0.1) is 0 Å². The first-order valence-electron chi connectivity index (χ1n) is 5.94. The lowest BCUT2D eigenvalue weighted by Crippen LogP contribution is -1.96. The topological polar surface area (TPSA) is 12.4 Å². The zero-order valence-electron chi connectivity index (χ0n) is 10.7. The Balaban J connectivity index is 3.12. The minimum absolute atomic E-state index is 0.602. The molecule has 1 aromatic rings. The fourth-order valence-electron chi connectivity index (χ4n) is 1.76. The second-order valence-corrected chi connectivity index (χ2v) is 4.12. The van der Waals surface area contributed by atoms with Gasteiger partial charge in [-0.25, -0.2) is 0 Å². The molecule has 1 aromatic carbocycles. The van der Waals surface area contributed by atoms with E-state index in [-0.39, 0.29) is 0 Å². The Hall–Kier alpha value is -1.37. The molecule has 0 bridgehead atoms. The van der Waals surface area contributed by atoms with Crippen molar-refractivity contribution in [2.45, 2.75) is 40.0 Å². The SMILES string of the molecule is C/C=N\C=C(/C)c1ccccc1C(C)CC. The van der Waals surface area contributed by atoms with Gasteiger partial charge < -0.3 is 0 Å². The van der Waals surface area contributed by atoms with Gasteiger partial charge in [-0.05, 0) is 42.9 Å². The van der Waals surface area contributed by atoms with Crippen LogP contribution in [-0.2, 0) is 0 Å². The van der Waals surface area contributed by atoms with Crippen molar-refractivity contribution in [3.05, 3.63) is 41.6 Å². The summed E-state index contributed by atoms with van der Waals surface area (Å²) in [6.07, 6.45) is 4.91. The molecule has 86 valence electrons. The molecule has 1 heteroatoms. The van der Waals surface area contributed by atoms with Crippen LogP contribution in [0.15, 0.2) is 35.5 Å². The molecule has 16 heavy (non-hydrogen) atoms. The maximum Gasteiger partial charge on any atom is 0.0299 e. The minimum Gasteiger partial charge on any atom is -0.269 e. The van der Waals surface area contributed by atoms with E-state index in [1.165, 1.54) is 23.1 Å². The van der Waals surface area contributed by atoms with Crippen molar-refractivity contribution < 1.29 is 0 Å². The van der Waals surface area contributed by atoms with Gasteiger partial charge in [0.05, 0.1) is 0 Å². The quantitative estimate of drug-likeness (QED) is 0.648. The Morgan fingerprint density at radius 3 is 2.69 bits per heavy atom. The Labute approximate surface area is 98.9 Å². The van der Waals surface area contributed by atoms with Crippen LogP contribution in [0.25, 0.3) is 5.57 Å².